The van der Waals surface area contributed by atoms with Crippen molar-refractivity contribution in [2.24, 2.45) is 20.0 Å². The predicted octanol–water partition coefficient (Wildman–Crippen LogP) is 2.74. The molecule has 10 heteroatoms. The number of hydrogen-bond acceptors (Lipinski definition) is 10. The van der Waals surface area contributed by atoms with Crippen molar-refractivity contribution in [3.05, 3.63) is 47.0 Å². The van der Waals surface area contributed by atoms with Gasteiger partial charge >= 0.3 is 0 Å². The van der Waals surface area contributed by atoms with Gasteiger partial charge in [0.25, 0.3) is 0 Å². The number of likely N-dealkylation sites (N-methyl/N-ethyl adjacent to an activating group) is 4. The molecular formula is C30H46N10. The van der Waals surface area contributed by atoms with Crippen LogP contribution in [0.1, 0.15) is 50.5 Å². The number of nitrogens with zero attached hydrogens (tertiary/aromatic N) is 8. The fourth-order valence-corrected chi connectivity index (χ4v) is 4.23. The third kappa shape index (κ3) is 8.76. The highest BCUT2D eigenvalue weighted by Gasteiger charge is 2.13. The van der Waals surface area contributed by atoms with Gasteiger partial charge in [-0.1, -0.05) is 0 Å². The number of rotatable bonds is 8. The van der Waals surface area contributed by atoms with Crippen LogP contribution in [0.25, 0.3) is 0 Å². The molecule has 2 N–H and O–H groups in total. The zero-order valence-electron chi connectivity index (χ0n) is 25.5. The molecule has 0 radical (unpaired) electrons. The van der Waals surface area contributed by atoms with Gasteiger partial charge in [0, 0.05) is 51.6 Å². The van der Waals surface area contributed by atoms with E-state index in [9.17, 15) is 0 Å². The number of pyridine rings is 2. The topological polar surface area (TPSA) is 106 Å². The largest absolute Gasteiger partial charge is 0.373 e. The minimum atomic E-state index is 0.572. The van der Waals surface area contributed by atoms with Gasteiger partial charge in [0.1, 0.15) is 0 Å². The highest BCUT2D eigenvalue weighted by molar-refractivity contribution is 6.03. The molecule has 0 saturated carbocycles. The molecule has 4 bridgehead atoms. The number of nitrogens with one attached hydrogen (secondary N) is 2. The first-order chi connectivity index (χ1) is 19.2. The SMILES string of the molecule is CNCCN(C)c1cc2nc(c1)C(C)=NCCN=C(C)c1cc(N(C)CCNC)cc(n1)C(C)=NCCN=C2C. The summed E-state index contributed by atoms with van der Waals surface area (Å²) < 4.78 is 0. The van der Waals surface area contributed by atoms with E-state index >= 15 is 0 Å². The molecule has 0 aromatic carbocycles. The zero-order chi connectivity index (χ0) is 29.1. The molecule has 0 fully saturated rings. The van der Waals surface area contributed by atoms with Crippen LogP contribution in [0.15, 0.2) is 44.2 Å². The molecule has 1 aliphatic rings. The van der Waals surface area contributed by atoms with Crippen molar-refractivity contribution in [1.29, 1.82) is 0 Å². The van der Waals surface area contributed by atoms with Crippen LogP contribution >= 0.6 is 0 Å². The second-order valence-corrected chi connectivity index (χ2v) is 10.1. The van der Waals surface area contributed by atoms with Crippen molar-refractivity contribution in [2.45, 2.75) is 27.7 Å². The van der Waals surface area contributed by atoms with E-state index in [1.54, 1.807) is 0 Å². The van der Waals surface area contributed by atoms with Gasteiger partial charge in [-0.05, 0) is 66.1 Å². The van der Waals surface area contributed by atoms with E-state index in [0.717, 1.165) is 83.2 Å². The van der Waals surface area contributed by atoms with Gasteiger partial charge in [0.15, 0.2) is 0 Å². The maximum Gasteiger partial charge on any atom is 0.0865 e. The van der Waals surface area contributed by atoms with Crippen LogP contribution in [0.3, 0.4) is 0 Å². The number of aromatic nitrogens is 2. The first-order valence-corrected chi connectivity index (χ1v) is 14.0. The minimum absolute atomic E-state index is 0.572. The van der Waals surface area contributed by atoms with Crippen molar-refractivity contribution in [1.82, 2.24) is 20.6 Å². The molecule has 0 unspecified atom stereocenters. The fraction of sp³-hybridized carbons (Fsp3) is 0.533. The van der Waals surface area contributed by atoms with E-state index in [-0.39, 0.29) is 0 Å². The van der Waals surface area contributed by atoms with Crippen LogP contribution in [0.5, 0.6) is 0 Å². The number of anilines is 2. The lowest BCUT2D eigenvalue weighted by Crippen LogP contribution is -2.27. The molecule has 3 heterocycles. The van der Waals surface area contributed by atoms with Gasteiger partial charge in [0.05, 0.1) is 71.8 Å². The van der Waals surface area contributed by atoms with E-state index in [2.05, 4.69) is 58.8 Å². The van der Waals surface area contributed by atoms with Crippen LogP contribution in [-0.2, 0) is 0 Å². The van der Waals surface area contributed by atoms with E-state index in [1.807, 2.05) is 41.8 Å². The normalized spacial score (nSPS) is 14.8. The molecular weight excluding hydrogens is 500 g/mol. The summed E-state index contributed by atoms with van der Waals surface area (Å²) in [5.74, 6) is 0. The van der Waals surface area contributed by atoms with Crippen LogP contribution in [-0.4, -0.2) is 113 Å². The summed E-state index contributed by atoms with van der Waals surface area (Å²) >= 11 is 0. The standard InChI is InChI=1S/C30H46N10/c1-21-27-17-25(39(7)15-13-31-5)18-28(37-27)22(2)35-11-12-36-24(4)30-20-26(40(8)16-14-32-6)19-29(38-30)23(3)34-10-9-33-21/h17-20,31-32H,9-16H2,1-8H3. The van der Waals surface area contributed by atoms with Crippen molar-refractivity contribution in [3.8, 4) is 0 Å². The summed E-state index contributed by atoms with van der Waals surface area (Å²) in [4.78, 5) is 33.6. The average molecular weight is 547 g/mol. The van der Waals surface area contributed by atoms with Gasteiger partial charge < -0.3 is 20.4 Å². The molecule has 2 aromatic heterocycles. The minimum Gasteiger partial charge on any atom is -0.373 e. The molecule has 3 rings (SSSR count). The van der Waals surface area contributed by atoms with Gasteiger partial charge in [-0.25, -0.2) is 9.97 Å². The molecule has 40 heavy (non-hydrogen) atoms. The Kier molecular flexibility index (Phi) is 11.9. The first kappa shape index (κ1) is 31.0. The number of hydrogen-bond donors (Lipinski definition) is 2. The lowest BCUT2D eigenvalue weighted by atomic mass is 10.1. The quantitative estimate of drug-likeness (QED) is 0.528. The summed E-state index contributed by atoms with van der Waals surface area (Å²) in [5, 5.41) is 6.44. The molecule has 216 valence electrons. The van der Waals surface area contributed by atoms with E-state index < -0.39 is 0 Å². The lowest BCUT2D eigenvalue weighted by Gasteiger charge is -2.21. The highest BCUT2D eigenvalue weighted by Crippen LogP contribution is 2.19. The Balaban J connectivity index is 2.01. The second-order valence-electron chi connectivity index (χ2n) is 10.1. The Morgan fingerprint density at radius 2 is 0.825 bits per heavy atom. The highest BCUT2D eigenvalue weighted by atomic mass is 15.1. The van der Waals surface area contributed by atoms with E-state index in [4.69, 9.17) is 29.9 Å². The van der Waals surface area contributed by atoms with Crippen molar-refractivity contribution in [2.75, 3.05) is 90.3 Å². The number of aliphatic imine (C=N–C) groups is 4. The van der Waals surface area contributed by atoms with Crippen molar-refractivity contribution >= 4 is 34.2 Å². The van der Waals surface area contributed by atoms with Crippen molar-refractivity contribution < 1.29 is 0 Å². The molecule has 10 nitrogen and oxygen atoms in total. The Morgan fingerprint density at radius 1 is 0.550 bits per heavy atom. The predicted molar refractivity (Wildman–Crippen MR) is 171 cm³/mol. The van der Waals surface area contributed by atoms with Gasteiger partial charge in [-0.15, -0.1) is 0 Å². The van der Waals surface area contributed by atoms with E-state index in [1.165, 1.54) is 0 Å². The first-order valence-electron chi connectivity index (χ1n) is 14.0. The Labute approximate surface area is 239 Å². The van der Waals surface area contributed by atoms with Crippen LogP contribution in [0, 0.1) is 0 Å². The molecule has 0 aliphatic carbocycles. The van der Waals surface area contributed by atoms with Gasteiger partial charge in [-0.3, -0.25) is 20.0 Å². The smallest absolute Gasteiger partial charge is 0.0865 e. The maximum atomic E-state index is 4.92. The van der Waals surface area contributed by atoms with Crippen LogP contribution in [0.4, 0.5) is 11.4 Å². The Bertz CT molecular complexity index is 1090. The monoisotopic (exact) mass is 546 g/mol. The van der Waals surface area contributed by atoms with Crippen LogP contribution in [0.2, 0.25) is 0 Å². The van der Waals surface area contributed by atoms with Crippen LogP contribution < -0.4 is 20.4 Å². The summed E-state index contributed by atoms with van der Waals surface area (Å²) in [6.45, 7) is 13.9. The van der Waals surface area contributed by atoms with Crippen molar-refractivity contribution in [3.63, 3.8) is 0 Å². The average Bonchev–Trinajstić information content (AvgIpc) is 2.97. The summed E-state index contributed by atoms with van der Waals surface area (Å²) in [6, 6.07) is 8.42. The lowest BCUT2D eigenvalue weighted by molar-refractivity contribution is 0.767. The molecule has 0 atom stereocenters. The Hall–Kier alpha value is -3.50. The summed E-state index contributed by atoms with van der Waals surface area (Å²) in [7, 11) is 8.12. The molecule has 0 amide bonds. The molecule has 2 aromatic rings. The Morgan fingerprint density at radius 3 is 1.07 bits per heavy atom. The van der Waals surface area contributed by atoms with Gasteiger partial charge in [-0.2, -0.15) is 0 Å². The molecule has 0 saturated heterocycles. The fourth-order valence-electron chi connectivity index (χ4n) is 4.23. The summed E-state index contributed by atoms with van der Waals surface area (Å²) in [6.07, 6.45) is 0. The number of fused-ring (bicyclic) bond motifs is 4. The zero-order valence-corrected chi connectivity index (χ0v) is 25.5. The second kappa shape index (κ2) is 15.3. The third-order valence-electron chi connectivity index (χ3n) is 6.97. The molecule has 0 spiro atoms. The van der Waals surface area contributed by atoms with Gasteiger partial charge in [0.2, 0.25) is 0 Å². The summed E-state index contributed by atoms with van der Waals surface area (Å²) in [5.41, 5.74) is 9.18. The van der Waals surface area contributed by atoms with E-state index in [0.29, 0.717) is 26.2 Å². The third-order valence-corrected chi connectivity index (χ3v) is 6.97. The molecule has 1 aliphatic heterocycles. The maximum absolute atomic E-state index is 4.92.